The number of carbonyl (C=O) groups is 3. The molecule has 4 aliphatic rings. The SMILES string of the molecule is C[C@@H]1CC2C3C[C@H](F)C4=CC(=O)C=CC4(C)C3(F)[C@@H](O)CC2(C)C1C(=O)COC(=O)C(C)(C)C. The molecule has 34 heavy (non-hydrogen) atoms. The van der Waals surface area contributed by atoms with Crippen LogP contribution in [0.15, 0.2) is 23.8 Å². The zero-order valence-corrected chi connectivity index (χ0v) is 20.9. The molecule has 3 saturated carbocycles. The zero-order valence-electron chi connectivity index (χ0n) is 20.9. The van der Waals surface area contributed by atoms with Crippen molar-refractivity contribution < 1.29 is 33.0 Å². The highest BCUT2D eigenvalue weighted by molar-refractivity contribution is 6.01. The second-order valence-corrected chi connectivity index (χ2v) is 12.4. The number of hydrogen-bond acceptors (Lipinski definition) is 5. The maximum absolute atomic E-state index is 17.1. The highest BCUT2D eigenvalue weighted by atomic mass is 19.1. The Morgan fingerprint density at radius 1 is 1.21 bits per heavy atom. The van der Waals surface area contributed by atoms with Gasteiger partial charge in [0.2, 0.25) is 0 Å². The summed E-state index contributed by atoms with van der Waals surface area (Å²) in [5.74, 6) is -2.89. The normalized spacial score (nSPS) is 45.7. The van der Waals surface area contributed by atoms with Crippen molar-refractivity contribution in [2.24, 2.45) is 39.9 Å². The van der Waals surface area contributed by atoms with Crippen LogP contribution in [0.2, 0.25) is 0 Å². The summed E-state index contributed by atoms with van der Waals surface area (Å²) in [7, 11) is 0. The lowest BCUT2D eigenvalue weighted by Crippen LogP contribution is -2.68. The molecule has 4 rings (SSSR count). The molecule has 0 bridgehead atoms. The molecule has 1 N–H and O–H groups in total. The van der Waals surface area contributed by atoms with E-state index in [-0.39, 0.29) is 48.4 Å². The first kappa shape index (κ1) is 25.2. The Balaban J connectivity index is 1.67. The quantitative estimate of drug-likeness (QED) is 0.611. The number of aliphatic hydroxyl groups excluding tert-OH is 1. The largest absolute Gasteiger partial charge is 0.457 e. The van der Waals surface area contributed by atoms with Crippen LogP contribution in [0.3, 0.4) is 0 Å². The highest BCUT2D eigenvalue weighted by Crippen LogP contribution is 2.70. The number of halogens is 2. The van der Waals surface area contributed by atoms with E-state index in [4.69, 9.17) is 4.74 Å². The number of ketones is 2. The molecule has 9 atom stereocenters. The zero-order chi connectivity index (χ0) is 25.4. The average Bonchev–Trinajstić information content (AvgIpc) is 2.99. The summed E-state index contributed by atoms with van der Waals surface area (Å²) in [6.07, 6.45) is 1.35. The van der Waals surface area contributed by atoms with Gasteiger partial charge in [-0.2, -0.15) is 0 Å². The molecule has 3 fully saturated rings. The van der Waals surface area contributed by atoms with Gasteiger partial charge in [0.1, 0.15) is 12.8 Å². The lowest BCUT2D eigenvalue weighted by molar-refractivity contribution is -0.202. The third-order valence-corrected chi connectivity index (χ3v) is 9.27. The first-order valence-electron chi connectivity index (χ1n) is 12.2. The second kappa shape index (κ2) is 7.81. The van der Waals surface area contributed by atoms with Crippen molar-refractivity contribution >= 4 is 17.5 Å². The van der Waals surface area contributed by atoms with Gasteiger partial charge < -0.3 is 9.84 Å². The van der Waals surface area contributed by atoms with Gasteiger partial charge >= 0.3 is 5.97 Å². The van der Waals surface area contributed by atoms with Gasteiger partial charge in [0.25, 0.3) is 0 Å². The van der Waals surface area contributed by atoms with E-state index >= 15 is 8.78 Å². The number of Topliss-reactive ketones (excluding diaryl/α,β-unsaturated/α-hetero) is 1. The summed E-state index contributed by atoms with van der Waals surface area (Å²) in [5, 5.41) is 11.3. The number of rotatable bonds is 3. The number of esters is 1. The van der Waals surface area contributed by atoms with Gasteiger partial charge in [0.05, 0.1) is 11.5 Å². The van der Waals surface area contributed by atoms with Gasteiger partial charge in [-0.25, -0.2) is 8.78 Å². The van der Waals surface area contributed by atoms with Crippen LogP contribution in [-0.2, 0) is 19.1 Å². The van der Waals surface area contributed by atoms with Gasteiger partial charge in [0, 0.05) is 17.3 Å². The molecule has 0 saturated heterocycles. The molecule has 7 heteroatoms. The third-order valence-electron chi connectivity index (χ3n) is 9.27. The lowest BCUT2D eigenvalue weighted by Gasteiger charge is -2.62. The van der Waals surface area contributed by atoms with E-state index in [1.54, 1.807) is 27.7 Å². The Morgan fingerprint density at radius 3 is 2.47 bits per heavy atom. The molecule has 0 amide bonds. The Kier molecular flexibility index (Phi) is 5.79. The van der Waals surface area contributed by atoms with Gasteiger partial charge in [-0.3, -0.25) is 14.4 Å². The molecule has 0 aliphatic heterocycles. The van der Waals surface area contributed by atoms with Crippen LogP contribution >= 0.6 is 0 Å². The highest BCUT2D eigenvalue weighted by Gasteiger charge is 2.73. The van der Waals surface area contributed by atoms with E-state index in [1.165, 1.54) is 18.2 Å². The molecule has 4 aliphatic carbocycles. The minimum absolute atomic E-state index is 0.0419. The fourth-order valence-electron chi connectivity index (χ4n) is 7.70. The van der Waals surface area contributed by atoms with Gasteiger partial charge in [-0.05, 0) is 81.9 Å². The van der Waals surface area contributed by atoms with Crippen LogP contribution in [0, 0.1) is 39.9 Å². The number of fused-ring (bicyclic) bond motifs is 5. The van der Waals surface area contributed by atoms with Crippen molar-refractivity contribution in [2.75, 3.05) is 6.61 Å². The molecule has 0 aromatic carbocycles. The fraction of sp³-hybridized carbons (Fsp3) is 0.741. The molecule has 5 nitrogen and oxygen atoms in total. The van der Waals surface area contributed by atoms with E-state index < -0.39 is 52.0 Å². The molecule has 0 aromatic heterocycles. The molecule has 0 radical (unpaired) electrons. The topological polar surface area (TPSA) is 80.7 Å². The van der Waals surface area contributed by atoms with Crippen LogP contribution in [-0.4, -0.2) is 47.2 Å². The van der Waals surface area contributed by atoms with Crippen molar-refractivity contribution in [3.05, 3.63) is 23.8 Å². The standard InChI is InChI=1S/C27H36F2O5/c1-14-9-16-17-11-19(28)18-10-15(30)7-8-26(18,6)27(17,29)21(32)12-25(16,5)22(14)20(31)13-34-23(33)24(2,3)4/h7-8,10,14,16-17,19,21-22,32H,9,11-13H2,1-6H3/t14-,16?,17?,19+,21+,22?,25?,26?,27?/m1/s1. The number of carbonyl (C=O) groups excluding carboxylic acids is 3. The Labute approximate surface area is 200 Å². The Morgan fingerprint density at radius 2 is 1.85 bits per heavy atom. The molecular weight excluding hydrogens is 442 g/mol. The van der Waals surface area contributed by atoms with Crippen molar-refractivity contribution in [1.29, 1.82) is 0 Å². The molecule has 188 valence electrons. The van der Waals surface area contributed by atoms with Crippen LogP contribution in [0.4, 0.5) is 8.78 Å². The molecular formula is C27H36F2O5. The summed E-state index contributed by atoms with van der Waals surface area (Å²) in [4.78, 5) is 37.4. The van der Waals surface area contributed by atoms with Crippen molar-refractivity contribution in [3.63, 3.8) is 0 Å². The molecule has 6 unspecified atom stereocenters. The first-order valence-corrected chi connectivity index (χ1v) is 12.2. The van der Waals surface area contributed by atoms with E-state index in [0.29, 0.717) is 6.42 Å². The van der Waals surface area contributed by atoms with Gasteiger partial charge in [-0.15, -0.1) is 0 Å². The smallest absolute Gasteiger partial charge is 0.311 e. The predicted octanol–water partition coefficient (Wildman–Crippen LogP) is 4.33. The summed E-state index contributed by atoms with van der Waals surface area (Å²) in [5.41, 5.74) is -4.99. The van der Waals surface area contributed by atoms with Crippen molar-refractivity contribution in [2.45, 2.75) is 78.7 Å². The van der Waals surface area contributed by atoms with E-state index in [2.05, 4.69) is 0 Å². The van der Waals surface area contributed by atoms with Crippen LogP contribution in [0.1, 0.15) is 60.8 Å². The van der Waals surface area contributed by atoms with Gasteiger partial charge in [-0.1, -0.05) is 19.9 Å². The summed E-state index contributed by atoms with van der Waals surface area (Å²) in [6, 6.07) is 0. The van der Waals surface area contributed by atoms with E-state index in [1.807, 2.05) is 13.8 Å². The monoisotopic (exact) mass is 478 g/mol. The summed E-state index contributed by atoms with van der Waals surface area (Å²) in [6.45, 7) is 10.1. The summed E-state index contributed by atoms with van der Waals surface area (Å²) < 4.78 is 37.8. The number of alkyl halides is 2. The lowest BCUT2D eigenvalue weighted by atomic mass is 9.45. The predicted molar refractivity (Wildman–Crippen MR) is 122 cm³/mol. The molecule has 0 aromatic rings. The Hall–Kier alpha value is -1.89. The second-order valence-electron chi connectivity index (χ2n) is 12.4. The van der Waals surface area contributed by atoms with Crippen LogP contribution in [0.25, 0.3) is 0 Å². The number of ether oxygens (including phenoxy) is 1. The summed E-state index contributed by atoms with van der Waals surface area (Å²) >= 11 is 0. The first-order chi connectivity index (χ1) is 15.6. The van der Waals surface area contributed by atoms with Crippen molar-refractivity contribution in [3.8, 4) is 0 Å². The number of hydrogen-bond donors (Lipinski definition) is 1. The maximum atomic E-state index is 17.1. The maximum Gasteiger partial charge on any atom is 0.311 e. The number of allylic oxidation sites excluding steroid dienone is 4. The molecule has 0 spiro atoms. The minimum atomic E-state index is -2.15. The van der Waals surface area contributed by atoms with Crippen molar-refractivity contribution in [1.82, 2.24) is 0 Å². The molecule has 0 heterocycles. The van der Waals surface area contributed by atoms with E-state index in [9.17, 15) is 19.5 Å². The van der Waals surface area contributed by atoms with Crippen LogP contribution < -0.4 is 0 Å². The van der Waals surface area contributed by atoms with Gasteiger partial charge in [0.15, 0.2) is 17.2 Å². The minimum Gasteiger partial charge on any atom is -0.457 e. The van der Waals surface area contributed by atoms with Crippen LogP contribution in [0.5, 0.6) is 0 Å². The average molecular weight is 479 g/mol. The fourth-order valence-corrected chi connectivity index (χ4v) is 7.70. The Bertz CT molecular complexity index is 980. The third kappa shape index (κ3) is 3.36. The number of aliphatic hydroxyl groups is 1. The van der Waals surface area contributed by atoms with E-state index in [0.717, 1.165) is 0 Å².